The number of anilines is 1. The third-order valence-corrected chi connectivity index (χ3v) is 7.16. The lowest BCUT2D eigenvalue weighted by Crippen LogP contribution is -2.53. The zero-order chi connectivity index (χ0) is 31.4. The number of nitrogens with one attached hydrogen (secondary N) is 2. The van der Waals surface area contributed by atoms with Crippen LogP contribution in [0.2, 0.25) is 0 Å². The number of benzene rings is 2. The molecule has 7 heteroatoms. The number of ether oxygens (including phenoxy) is 1. The Labute approximate surface area is 253 Å². The minimum Gasteiger partial charge on any atom is -0.444 e. The Morgan fingerprint density at radius 2 is 1.57 bits per heavy atom. The van der Waals surface area contributed by atoms with Gasteiger partial charge in [0, 0.05) is 12.2 Å². The van der Waals surface area contributed by atoms with Crippen molar-refractivity contribution in [3.05, 3.63) is 64.7 Å². The number of rotatable bonds is 14. The van der Waals surface area contributed by atoms with Crippen LogP contribution in [0.1, 0.15) is 108 Å². The minimum absolute atomic E-state index is 0.126. The summed E-state index contributed by atoms with van der Waals surface area (Å²) in [5, 5.41) is 5.94. The summed E-state index contributed by atoms with van der Waals surface area (Å²) in [6, 6.07) is 11.9. The van der Waals surface area contributed by atoms with E-state index in [1.54, 1.807) is 25.7 Å². The van der Waals surface area contributed by atoms with Gasteiger partial charge in [-0.25, -0.2) is 4.79 Å². The van der Waals surface area contributed by atoms with Gasteiger partial charge in [0.15, 0.2) is 0 Å². The first-order valence-electron chi connectivity index (χ1n) is 15.5. The van der Waals surface area contributed by atoms with E-state index in [0.717, 1.165) is 54.4 Å². The van der Waals surface area contributed by atoms with Gasteiger partial charge in [-0.15, -0.1) is 0 Å². The van der Waals surface area contributed by atoms with Crippen LogP contribution in [0.5, 0.6) is 0 Å². The third kappa shape index (κ3) is 11.1. The average Bonchev–Trinajstić information content (AvgIpc) is 2.88. The predicted molar refractivity (Wildman–Crippen MR) is 172 cm³/mol. The maximum absolute atomic E-state index is 14.5. The molecule has 3 amide bonds. The number of hydrogen-bond donors (Lipinski definition) is 2. The molecule has 0 aliphatic rings. The Morgan fingerprint density at radius 1 is 0.905 bits per heavy atom. The number of carbonyl (C=O) groups is 3. The van der Waals surface area contributed by atoms with Crippen molar-refractivity contribution < 1.29 is 19.1 Å². The molecule has 0 fully saturated rings. The maximum atomic E-state index is 14.5. The van der Waals surface area contributed by atoms with Crippen molar-refractivity contribution in [3.8, 4) is 0 Å². The van der Waals surface area contributed by atoms with Gasteiger partial charge in [-0.2, -0.15) is 0 Å². The molecule has 0 aliphatic heterocycles. The summed E-state index contributed by atoms with van der Waals surface area (Å²) >= 11 is 0. The highest BCUT2D eigenvalue weighted by atomic mass is 16.6. The number of unbranched alkanes of at least 4 members (excludes halogenated alkanes) is 4. The first kappa shape index (κ1) is 34.8. The van der Waals surface area contributed by atoms with Gasteiger partial charge >= 0.3 is 6.09 Å². The van der Waals surface area contributed by atoms with Crippen LogP contribution in [0.3, 0.4) is 0 Å². The summed E-state index contributed by atoms with van der Waals surface area (Å²) in [5.74, 6) is -0.436. The Bertz CT molecular complexity index is 1180. The SMILES string of the molecule is CCCCCCCN(C(=O)C(CC(C)C)NC(=O)OC(C)(C)C)C(C(=O)Nc1ccccc1C)c1ccc(C)cc1C. The number of alkyl carbamates (subject to hydrolysis) is 1. The number of hydrogen-bond acceptors (Lipinski definition) is 4. The van der Waals surface area contributed by atoms with Gasteiger partial charge in [-0.05, 0) is 83.1 Å². The van der Waals surface area contributed by atoms with Crippen molar-refractivity contribution in [2.24, 2.45) is 5.92 Å². The molecular formula is C35H53N3O4. The molecule has 7 nitrogen and oxygen atoms in total. The molecule has 232 valence electrons. The van der Waals surface area contributed by atoms with E-state index in [1.165, 1.54) is 0 Å². The zero-order valence-electron chi connectivity index (χ0n) is 27.3. The molecule has 0 radical (unpaired) electrons. The van der Waals surface area contributed by atoms with Gasteiger partial charge < -0.3 is 20.3 Å². The normalized spacial score (nSPS) is 12.9. The molecular weight excluding hydrogens is 526 g/mol. The molecule has 0 heterocycles. The lowest BCUT2D eigenvalue weighted by Gasteiger charge is -2.35. The first-order chi connectivity index (χ1) is 19.7. The van der Waals surface area contributed by atoms with Crippen LogP contribution in [0.25, 0.3) is 0 Å². The van der Waals surface area contributed by atoms with Crippen molar-refractivity contribution in [1.82, 2.24) is 10.2 Å². The highest BCUT2D eigenvalue weighted by molar-refractivity contribution is 5.99. The molecule has 0 aromatic heterocycles. The van der Waals surface area contributed by atoms with Gasteiger partial charge in [0.25, 0.3) is 5.91 Å². The first-order valence-corrected chi connectivity index (χ1v) is 15.5. The Morgan fingerprint density at radius 3 is 2.17 bits per heavy atom. The lowest BCUT2D eigenvalue weighted by molar-refractivity contribution is -0.141. The summed E-state index contributed by atoms with van der Waals surface area (Å²) in [5.41, 5.74) is 3.73. The number of para-hydroxylation sites is 1. The number of nitrogens with zero attached hydrogens (tertiary/aromatic N) is 1. The summed E-state index contributed by atoms with van der Waals surface area (Å²) < 4.78 is 5.52. The number of amides is 3. The van der Waals surface area contributed by atoms with E-state index < -0.39 is 23.8 Å². The summed E-state index contributed by atoms with van der Waals surface area (Å²) in [6.45, 7) is 17.9. The smallest absolute Gasteiger partial charge is 0.408 e. The second-order valence-electron chi connectivity index (χ2n) is 12.8. The van der Waals surface area contributed by atoms with E-state index in [2.05, 4.69) is 17.6 Å². The molecule has 0 saturated heterocycles. The van der Waals surface area contributed by atoms with E-state index in [-0.39, 0.29) is 17.7 Å². The van der Waals surface area contributed by atoms with Crippen LogP contribution in [0.15, 0.2) is 42.5 Å². The molecule has 2 aromatic rings. The fourth-order valence-electron chi connectivity index (χ4n) is 5.09. The molecule has 2 N–H and O–H groups in total. The van der Waals surface area contributed by atoms with Crippen molar-refractivity contribution in [2.75, 3.05) is 11.9 Å². The second kappa shape index (κ2) is 16.3. The fourth-order valence-corrected chi connectivity index (χ4v) is 5.09. The molecule has 42 heavy (non-hydrogen) atoms. The summed E-state index contributed by atoms with van der Waals surface area (Å²) in [4.78, 5) is 43.3. The molecule has 2 atom stereocenters. The largest absolute Gasteiger partial charge is 0.444 e. The second-order valence-corrected chi connectivity index (χ2v) is 12.8. The van der Waals surface area contributed by atoms with Crippen LogP contribution < -0.4 is 10.6 Å². The summed E-state index contributed by atoms with van der Waals surface area (Å²) in [7, 11) is 0. The van der Waals surface area contributed by atoms with Crippen LogP contribution in [-0.2, 0) is 14.3 Å². The topological polar surface area (TPSA) is 87.7 Å². The maximum Gasteiger partial charge on any atom is 0.408 e. The standard InChI is InChI=1S/C35H53N3O4/c1-10-11-12-13-16-21-38(33(40)30(22-24(2)3)37-34(41)42-35(7,8)9)31(28-20-19-25(4)23-27(28)6)32(39)36-29-18-15-14-17-26(29)5/h14-15,17-20,23-24,30-31H,10-13,16,21-22H2,1-9H3,(H,36,39)(H,37,41). The Hall–Kier alpha value is -3.35. The van der Waals surface area contributed by atoms with E-state index in [1.807, 2.05) is 77.1 Å². The van der Waals surface area contributed by atoms with Crippen molar-refractivity contribution in [3.63, 3.8) is 0 Å². The quantitative estimate of drug-likeness (QED) is 0.222. The Balaban J connectivity index is 2.59. The molecule has 2 rings (SSSR count). The molecule has 0 aliphatic carbocycles. The molecule has 0 spiro atoms. The minimum atomic E-state index is -0.876. The van der Waals surface area contributed by atoms with Crippen molar-refractivity contribution in [1.29, 1.82) is 0 Å². The molecule has 0 saturated carbocycles. The number of aryl methyl sites for hydroxylation is 3. The highest BCUT2D eigenvalue weighted by Gasteiger charge is 2.37. The van der Waals surface area contributed by atoms with Gasteiger partial charge in [-0.1, -0.05) is 88.4 Å². The van der Waals surface area contributed by atoms with E-state index in [9.17, 15) is 14.4 Å². The van der Waals surface area contributed by atoms with Crippen molar-refractivity contribution in [2.45, 2.75) is 119 Å². The van der Waals surface area contributed by atoms with Crippen LogP contribution in [-0.4, -0.2) is 41.0 Å². The lowest BCUT2D eigenvalue weighted by atomic mass is 9.95. The third-order valence-electron chi connectivity index (χ3n) is 7.16. The van der Waals surface area contributed by atoms with Crippen LogP contribution >= 0.6 is 0 Å². The number of carbonyl (C=O) groups excluding carboxylic acids is 3. The van der Waals surface area contributed by atoms with E-state index in [4.69, 9.17) is 4.74 Å². The van der Waals surface area contributed by atoms with E-state index in [0.29, 0.717) is 18.7 Å². The van der Waals surface area contributed by atoms with Gasteiger partial charge in [0.2, 0.25) is 5.91 Å². The zero-order valence-corrected chi connectivity index (χ0v) is 27.3. The fraction of sp³-hybridized carbons (Fsp3) is 0.571. The monoisotopic (exact) mass is 579 g/mol. The van der Waals surface area contributed by atoms with Gasteiger partial charge in [0.1, 0.15) is 17.7 Å². The van der Waals surface area contributed by atoms with Crippen LogP contribution in [0, 0.1) is 26.7 Å². The van der Waals surface area contributed by atoms with Gasteiger partial charge in [0.05, 0.1) is 0 Å². The van der Waals surface area contributed by atoms with Crippen LogP contribution in [0.4, 0.5) is 10.5 Å². The molecule has 2 unspecified atom stereocenters. The van der Waals surface area contributed by atoms with Crippen molar-refractivity contribution >= 4 is 23.6 Å². The predicted octanol–water partition coefficient (Wildman–Crippen LogP) is 8.03. The average molecular weight is 580 g/mol. The molecule has 2 aromatic carbocycles. The molecule has 0 bridgehead atoms. The summed E-state index contributed by atoms with van der Waals surface area (Å²) in [6.07, 6.45) is 4.78. The van der Waals surface area contributed by atoms with Gasteiger partial charge in [-0.3, -0.25) is 9.59 Å². The van der Waals surface area contributed by atoms with E-state index >= 15 is 0 Å². The highest BCUT2D eigenvalue weighted by Crippen LogP contribution is 2.29. The Kier molecular flexibility index (Phi) is 13.5.